The summed E-state index contributed by atoms with van der Waals surface area (Å²) in [5.74, 6) is -3.02. The Balaban J connectivity index is 2.26. The first-order valence-electron chi connectivity index (χ1n) is 7.08. The maximum absolute atomic E-state index is 13.2. The number of carbonyl (C=O) groups is 1. The van der Waals surface area contributed by atoms with Gasteiger partial charge in [-0.15, -0.1) is 11.8 Å². The number of anilines is 1. The SMILES string of the molecule is CCCn1c(N)c(C(=O)CSc2ccc(F)c(F)c2)c(=O)[nH]c1=O. The molecule has 0 bridgehead atoms. The second kappa shape index (κ2) is 7.43. The maximum Gasteiger partial charge on any atom is 0.329 e. The summed E-state index contributed by atoms with van der Waals surface area (Å²) in [6, 6.07) is 3.23. The molecule has 0 spiro atoms. The van der Waals surface area contributed by atoms with Crippen LogP contribution in [-0.2, 0) is 6.54 Å². The molecule has 24 heavy (non-hydrogen) atoms. The summed E-state index contributed by atoms with van der Waals surface area (Å²) in [6.07, 6.45) is 0.591. The molecule has 2 aromatic rings. The van der Waals surface area contributed by atoms with Gasteiger partial charge >= 0.3 is 5.69 Å². The molecule has 128 valence electrons. The summed E-state index contributed by atoms with van der Waals surface area (Å²) < 4.78 is 27.2. The highest BCUT2D eigenvalue weighted by Gasteiger charge is 2.19. The van der Waals surface area contributed by atoms with E-state index in [2.05, 4.69) is 4.98 Å². The monoisotopic (exact) mass is 355 g/mol. The zero-order valence-corrected chi connectivity index (χ0v) is 13.6. The number of nitrogens with one attached hydrogen (secondary N) is 1. The van der Waals surface area contributed by atoms with E-state index in [0.717, 1.165) is 28.5 Å². The van der Waals surface area contributed by atoms with E-state index in [-0.39, 0.29) is 23.7 Å². The Morgan fingerprint density at radius 3 is 2.62 bits per heavy atom. The summed E-state index contributed by atoms with van der Waals surface area (Å²) in [4.78, 5) is 38.3. The Bertz CT molecular complexity index is 893. The molecule has 0 amide bonds. The lowest BCUT2D eigenvalue weighted by Crippen LogP contribution is -2.36. The smallest absolute Gasteiger partial charge is 0.329 e. The van der Waals surface area contributed by atoms with Crippen LogP contribution in [0.25, 0.3) is 0 Å². The van der Waals surface area contributed by atoms with Crippen molar-refractivity contribution in [2.75, 3.05) is 11.5 Å². The third-order valence-corrected chi connectivity index (χ3v) is 4.22. The largest absolute Gasteiger partial charge is 0.384 e. The van der Waals surface area contributed by atoms with Crippen molar-refractivity contribution < 1.29 is 13.6 Å². The molecule has 0 unspecified atom stereocenters. The molecule has 0 aliphatic heterocycles. The molecule has 0 aliphatic carbocycles. The van der Waals surface area contributed by atoms with Crippen molar-refractivity contribution in [1.29, 1.82) is 0 Å². The van der Waals surface area contributed by atoms with Crippen LogP contribution in [0.1, 0.15) is 23.7 Å². The number of carbonyl (C=O) groups excluding carboxylic acids is 1. The molecule has 9 heteroatoms. The molecule has 1 aromatic heterocycles. The van der Waals surface area contributed by atoms with Gasteiger partial charge in [-0.2, -0.15) is 0 Å². The second-order valence-corrected chi connectivity index (χ2v) is 6.01. The highest BCUT2D eigenvalue weighted by Crippen LogP contribution is 2.21. The lowest BCUT2D eigenvalue weighted by Gasteiger charge is -2.11. The summed E-state index contributed by atoms with van der Waals surface area (Å²) in [5, 5.41) is 0. The van der Waals surface area contributed by atoms with Crippen LogP contribution in [0.5, 0.6) is 0 Å². The molecule has 2 rings (SSSR count). The van der Waals surface area contributed by atoms with Crippen molar-refractivity contribution in [3.05, 3.63) is 56.2 Å². The van der Waals surface area contributed by atoms with Crippen LogP contribution >= 0.6 is 11.8 Å². The van der Waals surface area contributed by atoms with Crippen LogP contribution in [0.3, 0.4) is 0 Å². The summed E-state index contributed by atoms with van der Waals surface area (Å²) in [6.45, 7) is 2.08. The molecular weight excluding hydrogens is 340 g/mol. The van der Waals surface area contributed by atoms with E-state index < -0.39 is 28.7 Å². The maximum atomic E-state index is 13.2. The third kappa shape index (κ3) is 3.73. The van der Waals surface area contributed by atoms with E-state index in [1.807, 2.05) is 6.92 Å². The van der Waals surface area contributed by atoms with Gasteiger partial charge in [0, 0.05) is 11.4 Å². The van der Waals surface area contributed by atoms with Gasteiger partial charge in [-0.3, -0.25) is 19.1 Å². The van der Waals surface area contributed by atoms with Gasteiger partial charge < -0.3 is 5.73 Å². The zero-order chi connectivity index (χ0) is 17.9. The molecule has 0 radical (unpaired) electrons. The molecule has 0 saturated heterocycles. The van der Waals surface area contributed by atoms with Crippen LogP contribution < -0.4 is 17.0 Å². The molecule has 0 fully saturated rings. The van der Waals surface area contributed by atoms with Gasteiger partial charge in [0.2, 0.25) is 0 Å². The fourth-order valence-electron chi connectivity index (χ4n) is 2.09. The summed E-state index contributed by atoms with van der Waals surface area (Å²) >= 11 is 0.935. The van der Waals surface area contributed by atoms with Crippen molar-refractivity contribution in [3.63, 3.8) is 0 Å². The highest BCUT2D eigenvalue weighted by molar-refractivity contribution is 8.00. The summed E-state index contributed by atoms with van der Waals surface area (Å²) in [7, 11) is 0. The first-order valence-corrected chi connectivity index (χ1v) is 8.07. The number of hydrogen-bond acceptors (Lipinski definition) is 5. The van der Waals surface area contributed by atoms with Crippen LogP contribution in [-0.4, -0.2) is 21.1 Å². The Morgan fingerprint density at radius 2 is 2.00 bits per heavy atom. The number of nitrogens with zero attached hydrogens (tertiary/aromatic N) is 1. The number of thioether (sulfide) groups is 1. The average molecular weight is 355 g/mol. The fraction of sp³-hybridized carbons (Fsp3) is 0.267. The van der Waals surface area contributed by atoms with Crippen molar-refractivity contribution >= 4 is 23.4 Å². The van der Waals surface area contributed by atoms with Gasteiger partial charge in [-0.25, -0.2) is 13.6 Å². The fourth-order valence-corrected chi connectivity index (χ4v) is 2.88. The number of nitrogen functional groups attached to an aromatic ring is 1. The summed E-state index contributed by atoms with van der Waals surface area (Å²) in [5.41, 5.74) is 3.94. The number of Topliss-reactive ketones (excluding diaryl/α,β-unsaturated/α-hetero) is 1. The number of benzene rings is 1. The first kappa shape index (κ1) is 17.9. The van der Waals surface area contributed by atoms with Crippen molar-refractivity contribution in [1.82, 2.24) is 9.55 Å². The normalized spacial score (nSPS) is 10.8. The number of H-pyrrole nitrogens is 1. The first-order chi connectivity index (χ1) is 11.3. The van der Waals surface area contributed by atoms with Crippen LogP contribution in [0.2, 0.25) is 0 Å². The molecule has 0 aliphatic rings. The second-order valence-electron chi connectivity index (χ2n) is 4.96. The number of aromatic amines is 1. The molecule has 3 N–H and O–H groups in total. The zero-order valence-electron chi connectivity index (χ0n) is 12.8. The van der Waals surface area contributed by atoms with E-state index in [9.17, 15) is 23.2 Å². The Hall–Kier alpha value is -2.42. The van der Waals surface area contributed by atoms with E-state index in [0.29, 0.717) is 11.3 Å². The molecular formula is C15H15F2N3O3S. The lowest BCUT2D eigenvalue weighted by atomic mass is 10.2. The van der Waals surface area contributed by atoms with Gasteiger partial charge in [0.25, 0.3) is 5.56 Å². The van der Waals surface area contributed by atoms with Gasteiger partial charge in [0.05, 0.1) is 5.75 Å². The predicted molar refractivity (Wildman–Crippen MR) is 87.4 cm³/mol. The quantitative estimate of drug-likeness (QED) is 0.608. The van der Waals surface area contributed by atoms with Crippen LogP contribution in [0.15, 0.2) is 32.7 Å². The Kier molecular flexibility index (Phi) is 5.55. The van der Waals surface area contributed by atoms with Crippen molar-refractivity contribution in [2.24, 2.45) is 0 Å². The number of hydrogen-bond donors (Lipinski definition) is 2. The third-order valence-electron chi connectivity index (χ3n) is 3.23. The number of halogens is 2. The van der Waals surface area contributed by atoms with E-state index in [4.69, 9.17) is 5.73 Å². The highest BCUT2D eigenvalue weighted by atomic mass is 32.2. The average Bonchev–Trinajstić information content (AvgIpc) is 2.52. The Morgan fingerprint density at radius 1 is 1.29 bits per heavy atom. The molecule has 6 nitrogen and oxygen atoms in total. The van der Waals surface area contributed by atoms with Crippen molar-refractivity contribution in [2.45, 2.75) is 24.8 Å². The number of aromatic nitrogens is 2. The van der Waals surface area contributed by atoms with Gasteiger partial charge in [0.15, 0.2) is 17.4 Å². The molecule has 1 heterocycles. The number of rotatable bonds is 6. The molecule has 0 saturated carbocycles. The van der Waals surface area contributed by atoms with Gasteiger partial charge in [-0.05, 0) is 24.6 Å². The van der Waals surface area contributed by atoms with Crippen LogP contribution in [0, 0.1) is 11.6 Å². The lowest BCUT2D eigenvalue weighted by molar-refractivity contribution is 0.102. The van der Waals surface area contributed by atoms with Crippen molar-refractivity contribution in [3.8, 4) is 0 Å². The van der Waals surface area contributed by atoms with E-state index >= 15 is 0 Å². The standard InChI is InChI=1S/C15H15F2N3O3S/c1-2-5-20-13(18)12(14(22)19-15(20)23)11(21)7-24-8-3-4-9(16)10(17)6-8/h3-4,6H,2,5,7,18H2,1H3,(H,19,22,23). The van der Waals surface area contributed by atoms with Crippen LogP contribution in [0.4, 0.5) is 14.6 Å². The minimum Gasteiger partial charge on any atom is -0.384 e. The number of ketones is 1. The van der Waals surface area contributed by atoms with E-state index in [1.54, 1.807) is 0 Å². The minimum absolute atomic E-state index is 0.193. The predicted octanol–water partition coefficient (Wildman–Crippen LogP) is 1.78. The number of nitrogens with two attached hydrogens (primary N) is 1. The van der Waals surface area contributed by atoms with E-state index in [1.165, 1.54) is 6.07 Å². The Labute approximate surface area is 139 Å². The van der Waals surface area contributed by atoms with Gasteiger partial charge in [-0.1, -0.05) is 6.92 Å². The minimum atomic E-state index is -1.03. The van der Waals surface area contributed by atoms with Gasteiger partial charge in [0.1, 0.15) is 11.4 Å². The topological polar surface area (TPSA) is 97.9 Å². The molecule has 0 atom stereocenters. The molecule has 1 aromatic carbocycles.